The van der Waals surface area contributed by atoms with Crippen LogP contribution in [0.3, 0.4) is 0 Å². The maximum absolute atomic E-state index is 11.9. The van der Waals surface area contributed by atoms with Crippen molar-refractivity contribution in [2.75, 3.05) is 19.5 Å². The molecule has 10 N–H and O–H groups in total. The fourth-order valence-electron chi connectivity index (χ4n) is 10.7. The van der Waals surface area contributed by atoms with E-state index in [0.717, 1.165) is 77.5 Å². The van der Waals surface area contributed by atoms with E-state index in [0.29, 0.717) is 74.3 Å². The summed E-state index contributed by atoms with van der Waals surface area (Å²) in [4.78, 5) is 34.8. The number of aliphatic carboxylic acids is 1. The molecule has 526 valence electrons. The Morgan fingerprint density at radius 3 is 1.22 bits per heavy atom. The molecule has 102 heavy (non-hydrogen) atoms. The largest absolute Gasteiger partial charge is 1.00 e. The van der Waals surface area contributed by atoms with E-state index in [1.807, 2.05) is 115 Å². The second-order valence-electron chi connectivity index (χ2n) is 22.5. The first-order valence-electron chi connectivity index (χ1n) is 31.7. The Kier molecular flexibility index (Phi) is 32.7. The summed E-state index contributed by atoms with van der Waals surface area (Å²) in [6, 6.07) is 64.0. The van der Waals surface area contributed by atoms with Crippen LogP contribution in [0, 0.1) is 0 Å². The first-order chi connectivity index (χ1) is 47.9. The van der Waals surface area contributed by atoms with E-state index in [9.17, 15) is 22.8 Å². The molecular weight excluding hydrogens is 1390 g/mol. The number of hydrogen-bond donors (Lipinski definition) is 6. The van der Waals surface area contributed by atoms with E-state index in [1.54, 1.807) is 66.0 Å². The molecule has 9 aromatic carbocycles. The van der Waals surface area contributed by atoms with Gasteiger partial charge in [-0.2, -0.15) is 8.42 Å². The van der Waals surface area contributed by atoms with Crippen LogP contribution in [-0.2, 0) is 92.7 Å². The van der Waals surface area contributed by atoms with Crippen LogP contribution in [0.1, 0.15) is 63.9 Å². The van der Waals surface area contributed by atoms with Crippen molar-refractivity contribution in [1.82, 2.24) is 0 Å². The van der Waals surface area contributed by atoms with Crippen LogP contribution in [-0.4, -0.2) is 73.5 Å². The summed E-state index contributed by atoms with van der Waals surface area (Å²) in [5.74, 6) is 0.722. The number of nitrogens with two attached hydrogens (primary N) is 3. The Morgan fingerprint density at radius 2 is 0.824 bits per heavy atom. The van der Waals surface area contributed by atoms with Gasteiger partial charge in [0, 0.05) is 66.6 Å². The van der Waals surface area contributed by atoms with Gasteiger partial charge < -0.3 is 65.7 Å². The van der Waals surface area contributed by atoms with Crippen molar-refractivity contribution >= 4 is 117 Å². The third kappa shape index (κ3) is 23.9. The fraction of sp³-hybridized carbons (Fsp3) is 0.182. The maximum atomic E-state index is 11.9. The van der Waals surface area contributed by atoms with Crippen LogP contribution in [0.4, 0.5) is 0 Å². The van der Waals surface area contributed by atoms with Crippen molar-refractivity contribution in [3.05, 3.63) is 266 Å². The van der Waals surface area contributed by atoms with Gasteiger partial charge in [0.25, 0.3) is 0 Å². The normalized spacial score (nSPS) is 10.6. The molecule has 0 aliphatic carbocycles. The van der Waals surface area contributed by atoms with E-state index in [1.165, 1.54) is 37.1 Å². The molecule has 25 heteroatoms. The number of carbonyl (C=O) groups is 3. The average Bonchev–Trinajstić information content (AvgIpc) is 1.55. The van der Waals surface area contributed by atoms with Gasteiger partial charge in [-0.3, -0.25) is 14.4 Å². The quantitative estimate of drug-likeness (QED) is 0.0176. The van der Waals surface area contributed by atoms with Gasteiger partial charge in [0.15, 0.2) is 5.75 Å². The monoisotopic (exact) mass is 1470 g/mol. The van der Waals surface area contributed by atoms with E-state index in [2.05, 4.69) is 71.4 Å². The van der Waals surface area contributed by atoms with E-state index in [4.69, 9.17) is 60.2 Å². The van der Waals surface area contributed by atoms with Crippen LogP contribution in [0.25, 0.3) is 52.5 Å². The summed E-state index contributed by atoms with van der Waals surface area (Å²) >= 11 is 4.90. The molecular formula is C77H78BClLiN3O15S4. The van der Waals surface area contributed by atoms with Crippen LogP contribution < -0.4 is 59.9 Å². The van der Waals surface area contributed by atoms with Crippen LogP contribution in [0.2, 0.25) is 0 Å². The summed E-state index contributed by atoms with van der Waals surface area (Å²) in [5, 5.41) is 35.9. The zero-order valence-corrected chi connectivity index (χ0v) is 60.8. The molecule has 0 saturated heterocycles. The maximum Gasteiger partial charge on any atom is 1.00 e. The van der Waals surface area contributed by atoms with E-state index >= 15 is 0 Å². The third-order valence-corrected chi connectivity index (χ3v) is 18.3. The predicted octanol–water partition coefficient (Wildman–Crippen LogP) is 10.9. The number of hydrogen-bond acceptors (Lipinski definition) is 20. The molecule has 0 aliphatic rings. The average molecular weight is 1470 g/mol. The summed E-state index contributed by atoms with van der Waals surface area (Å²) < 4.78 is 59.7. The Labute approximate surface area is 623 Å². The van der Waals surface area contributed by atoms with Crippen molar-refractivity contribution in [3.8, 4) is 45.3 Å². The minimum Gasteiger partial charge on any atom is -0.870 e. The summed E-state index contributed by atoms with van der Waals surface area (Å²) in [6.45, 7) is 6.69. The van der Waals surface area contributed by atoms with Crippen molar-refractivity contribution in [2.45, 2.75) is 72.6 Å². The molecule has 0 aliphatic heterocycles. The molecule has 3 aromatic heterocycles. The van der Waals surface area contributed by atoms with Crippen molar-refractivity contribution < 1.29 is 90.2 Å². The van der Waals surface area contributed by atoms with Crippen LogP contribution >= 0.6 is 46.4 Å². The Bertz CT molecular complexity index is 4840. The number of halogens is 1. The minimum atomic E-state index is -3.64. The van der Waals surface area contributed by atoms with Gasteiger partial charge in [0.05, 0.1) is 38.7 Å². The third-order valence-electron chi connectivity index (χ3n) is 15.3. The molecule has 0 unspecified atom stereocenters. The molecule has 0 amide bonds. The second-order valence-corrected chi connectivity index (χ2v) is 26.9. The first-order valence-corrected chi connectivity index (χ1v) is 36.2. The van der Waals surface area contributed by atoms with Gasteiger partial charge >= 0.3 is 54.0 Å². The number of carbonyl (C=O) groups excluding carboxylic acids is 2. The van der Waals surface area contributed by atoms with Gasteiger partial charge in [-0.1, -0.05) is 115 Å². The molecule has 0 fully saturated rings. The van der Waals surface area contributed by atoms with E-state index in [-0.39, 0.29) is 80.3 Å². The van der Waals surface area contributed by atoms with Crippen molar-refractivity contribution in [2.24, 2.45) is 17.2 Å². The Morgan fingerprint density at radius 1 is 0.451 bits per heavy atom. The molecule has 12 aromatic rings. The molecule has 3 heterocycles. The minimum absolute atomic E-state index is 0. The zero-order chi connectivity index (χ0) is 70.3. The zero-order valence-electron chi connectivity index (χ0n) is 56.7. The van der Waals surface area contributed by atoms with Crippen LogP contribution in [0.15, 0.2) is 216 Å². The van der Waals surface area contributed by atoms with Gasteiger partial charge in [0.2, 0.25) is 0 Å². The summed E-state index contributed by atoms with van der Waals surface area (Å²) in [6.07, 6.45) is 1.28. The molecule has 0 saturated carbocycles. The van der Waals surface area contributed by atoms with E-state index < -0.39 is 23.2 Å². The molecule has 12 rings (SSSR count). The number of carboxylic acid groups (broad SMARTS) is 1. The SMILES string of the molecule is CCOC(=O)Cc1ccccc1OCc1cc(-c2cccc(CN)c2)c2ccsc2c1.CCOC(=O)Cc1ccccc1OCc1cc(OS(C)(=O)=O)c2ccsc2c1.Cl.NCc1cccc(-c2cc(COc3ccccc3CC(=O)O)cc3sccc23)c1.NCc1cccc(B(O)O)c1.[Li+].[OH-]. The number of rotatable bonds is 25. The number of thiophene rings is 3. The molecule has 0 bridgehead atoms. The van der Waals surface area contributed by atoms with Crippen molar-refractivity contribution in [3.63, 3.8) is 0 Å². The molecule has 0 atom stereocenters. The van der Waals surface area contributed by atoms with Gasteiger partial charge in [-0.25, -0.2) is 0 Å². The van der Waals surface area contributed by atoms with Gasteiger partial charge in [0.1, 0.15) is 37.1 Å². The topological polar surface area (TPSA) is 309 Å². The number of esters is 2. The Hall–Kier alpha value is -8.87. The molecule has 0 radical (unpaired) electrons. The summed E-state index contributed by atoms with van der Waals surface area (Å²) in [5.41, 5.74) is 30.3. The predicted molar refractivity (Wildman–Crippen MR) is 405 cm³/mol. The van der Waals surface area contributed by atoms with Gasteiger partial charge in [-0.15, -0.1) is 46.4 Å². The number of para-hydroxylation sites is 3. The second kappa shape index (κ2) is 40.7. The standard InChI is InChI=1S/C26H25NO3S.C24H21NO3S.C20H20O6S2.C7H10BNO2.ClH.Li.H2O/c1-2-29-26(28)15-21-7-3-4-9-24(21)30-17-19-13-23(22-10-11-31-25(22)14-19)20-8-5-6-18(12-20)16-27;25-14-16-4-3-6-18(10-16)21-11-17(12-23-20(21)8-9-29-23)15-28-22-7-2-1-5-19(22)13-24(26)27;1-3-24-20(21)12-15-6-4-5-7-17(15)25-13-14-10-18(26-28(2,22)23)16-8-9-27-19(16)11-14;9-5-6-2-1-3-7(4-6)8(10)11;;;/h3-14H,2,15-17,27H2,1H3;1-12H,13-15,25H2,(H,26,27);4-11H,3,12-13H2,1-2H3;1-4,10-11H,5,9H2;1H;;1H2/q;;;;;+1;/p-1. The van der Waals surface area contributed by atoms with Gasteiger partial charge in [-0.05, 0) is 176 Å². The fourth-order valence-corrected chi connectivity index (χ4v) is 13.8. The molecule has 0 spiro atoms. The first kappa shape index (κ1) is 82.1. The van der Waals surface area contributed by atoms with Crippen LogP contribution in [0.5, 0.6) is 23.0 Å². The Balaban J connectivity index is 0.000000221. The number of ether oxygens (including phenoxy) is 5. The number of fused-ring (bicyclic) bond motifs is 3. The number of carboxylic acids is 1. The number of benzene rings is 9. The molecule has 18 nitrogen and oxygen atoms in total. The summed E-state index contributed by atoms with van der Waals surface area (Å²) in [7, 11) is -5.05. The van der Waals surface area contributed by atoms with Crippen molar-refractivity contribution in [1.29, 1.82) is 0 Å². The smallest absolute Gasteiger partial charge is 0.870 e.